The van der Waals surface area contributed by atoms with Gasteiger partial charge in [0.1, 0.15) is 24.5 Å². The molecular formula is C44H55NO10. The summed E-state index contributed by atoms with van der Waals surface area (Å²) in [6.45, 7) is 0.620. The highest BCUT2D eigenvalue weighted by Gasteiger charge is 2.41. The van der Waals surface area contributed by atoms with Crippen molar-refractivity contribution in [3.63, 3.8) is 0 Å². The summed E-state index contributed by atoms with van der Waals surface area (Å²) in [5.41, 5.74) is 2.50. The molecule has 4 bridgehead atoms. The Kier molecular flexibility index (Phi) is 13.8. The largest absolute Gasteiger partial charge is 0.493 e. The SMILES string of the molecule is COc1ccc(CC[C@H]2OC(=O)[C@@H]3CCCCN3C(=O)[C@@H](C3CCCCC3)c3cc(OC)c(OC)c(c3)OCCCC(=O)COc3cccc2c3)cc1OC. The van der Waals surface area contributed by atoms with Crippen molar-refractivity contribution in [3.8, 4) is 34.5 Å². The zero-order valence-corrected chi connectivity index (χ0v) is 32.6. The number of ether oxygens (including phenoxy) is 7. The van der Waals surface area contributed by atoms with Crippen LogP contribution >= 0.6 is 0 Å². The monoisotopic (exact) mass is 757 g/mol. The van der Waals surface area contributed by atoms with Crippen molar-refractivity contribution >= 4 is 17.7 Å². The van der Waals surface area contributed by atoms with Crippen LogP contribution in [-0.4, -0.2) is 76.8 Å². The van der Waals surface area contributed by atoms with Crippen molar-refractivity contribution < 1.29 is 47.5 Å². The molecule has 2 aliphatic heterocycles. The standard InChI is InChI=1S/C44H55NO10/c1-49-37-21-19-29(24-38(37)50-2)18-20-36-31-14-10-16-34(25-31)54-28-33(46)15-11-23-53-40-27-32(26-39(51-3)42(40)52-4)41(30-12-6-5-7-13-30)43(47)45-22-9-8-17-35(45)44(48)55-36/h10,14,16,19,21,24-27,30,35-36,41H,5-9,11-13,15,17-18,20,22-23,28H2,1-4H3/t35-,36+,41-/m0/s1. The molecule has 296 valence electrons. The van der Waals surface area contributed by atoms with Crippen LogP contribution in [0, 0.1) is 5.92 Å². The van der Waals surface area contributed by atoms with Gasteiger partial charge in [0.2, 0.25) is 11.7 Å². The molecule has 6 rings (SSSR count). The summed E-state index contributed by atoms with van der Waals surface area (Å²) in [7, 11) is 6.32. The number of ketones is 1. The molecular weight excluding hydrogens is 702 g/mol. The first kappa shape index (κ1) is 39.8. The van der Waals surface area contributed by atoms with Crippen molar-refractivity contribution in [2.24, 2.45) is 5.92 Å². The molecule has 1 amide bonds. The summed E-state index contributed by atoms with van der Waals surface area (Å²) in [5.74, 6) is 2.07. The van der Waals surface area contributed by atoms with Gasteiger partial charge in [-0.3, -0.25) is 9.59 Å². The Morgan fingerprint density at radius 3 is 2.27 bits per heavy atom. The molecule has 3 aliphatic rings. The number of carbonyl (C=O) groups is 3. The highest BCUT2D eigenvalue weighted by molar-refractivity contribution is 5.89. The zero-order valence-electron chi connectivity index (χ0n) is 32.6. The first-order chi connectivity index (χ1) is 26.8. The molecule has 11 nitrogen and oxygen atoms in total. The topological polar surface area (TPSA) is 119 Å². The molecule has 0 aromatic heterocycles. The molecule has 0 spiro atoms. The number of nitrogens with zero attached hydrogens (tertiary/aromatic N) is 1. The Labute approximate surface area is 324 Å². The second-order valence-corrected chi connectivity index (χ2v) is 14.7. The quantitative estimate of drug-likeness (QED) is 0.211. The number of hydrogen-bond acceptors (Lipinski definition) is 10. The molecule has 3 atom stereocenters. The number of benzene rings is 3. The van der Waals surface area contributed by atoms with Crippen LogP contribution in [-0.2, 0) is 25.5 Å². The maximum atomic E-state index is 15.1. The lowest BCUT2D eigenvalue weighted by atomic mass is 9.75. The lowest BCUT2D eigenvalue weighted by Gasteiger charge is -2.40. The van der Waals surface area contributed by atoms with Gasteiger partial charge in [0.05, 0.1) is 41.0 Å². The molecule has 1 saturated heterocycles. The Morgan fingerprint density at radius 1 is 0.727 bits per heavy atom. The Hall–Kier alpha value is -4.93. The van der Waals surface area contributed by atoms with Crippen LogP contribution in [0.3, 0.4) is 0 Å². The summed E-state index contributed by atoms with van der Waals surface area (Å²) in [5, 5.41) is 0. The molecule has 2 heterocycles. The minimum atomic E-state index is -0.741. The zero-order chi connectivity index (χ0) is 38.7. The molecule has 0 radical (unpaired) electrons. The van der Waals surface area contributed by atoms with E-state index in [9.17, 15) is 9.59 Å². The number of Topliss-reactive ketones (excluding diaryl/α,β-unsaturated/α-hetero) is 1. The third-order valence-corrected chi connectivity index (χ3v) is 11.2. The van der Waals surface area contributed by atoms with E-state index >= 15 is 4.79 Å². The number of rotatable bonds is 8. The van der Waals surface area contributed by atoms with Crippen LogP contribution in [0.1, 0.15) is 99.3 Å². The van der Waals surface area contributed by atoms with Gasteiger partial charge in [0, 0.05) is 13.0 Å². The van der Waals surface area contributed by atoms with Crippen LogP contribution in [0.2, 0.25) is 0 Å². The average Bonchev–Trinajstić information content (AvgIpc) is 3.22. The molecule has 11 heteroatoms. The normalized spacial score (nSPS) is 21.6. The van der Waals surface area contributed by atoms with Crippen LogP contribution in [0.5, 0.6) is 34.5 Å². The minimum absolute atomic E-state index is 0.0708. The number of aryl methyl sites for hydroxylation is 1. The second-order valence-electron chi connectivity index (χ2n) is 14.7. The van der Waals surface area contributed by atoms with Crippen molar-refractivity contribution in [1.82, 2.24) is 4.90 Å². The van der Waals surface area contributed by atoms with Crippen LogP contribution in [0.4, 0.5) is 0 Å². The molecule has 3 aromatic carbocycles. The number of carbonyl (C=O) groups excluding carboxylic acids is 3. The van der Waals surface area contributed by atoms with Gasteiger partial charge in [0.25, 0.3) is 0 Å². The number of fused-ring (bicyclic) bond motifs is 5. The van der Waals surface area contributed by atoms with Gasteiger partial charge in [-0.05, 0) is 110 Å². The number of methoxy groups -OCH3 is 4. The highest BCUT2D eigenvalue weighted by atomic mass is 16.5. The van der Waals surface area contributed by atoms with Gasteiger partial charge in [-0.25, -0.2) is 4.79 Å². The van der Waals surface area contributed by atoms with E-state index in [1.807, 2.05) is 48.5 Å². The van der Waals surface area contributed by atoms with Crippen LogP contribution in [0.15, 0.2) is 54.6 Å². The average molecular weight is 758 g/mol. The van der Waals surface area contributed by atoms with E-state index < -0.39 is 24.0 Å². The van der Waals surface area contributed by atoms with E-state index in [-0.39, 0.29) is 37.2 Å². The van der Waals surface area contributed by atoms with Crippen molar-refractivity contribution in [1.29, 1.82) is 0 Å². The molecule has 1 saturated carbocycles. The first-order valence-electron chi connectivity index (χ1n) is 19.7. The third-order valence-electron chi connectivity index (χ3n) is 11.2. The number of cyclic esters (lactones) is 1. The fourth-order valence-corrected chi connectivity index (χ4v) is 8.28. The van der Waals surface area contributed by atoms with Gasteiger partial charge >= 0.3 is 5.97 Å². The molecule has 3 aromatic rings. The highest BCUT2D eigenvalue weighted by Crippen LogP contribution is 2.45. The molecule has 2 fully saturated rings. The third kappa shape index (κ3) is 9.66. The van der Waals surface area contributed by atoms with E-state index in [1.165, 1.54) is 0 Å². The molecule has 0 unspecified atom stereocenters. The predicted octanol–water partition coefficient (Wildman–Crippen LogP) is 7.80. The number of hydrogen-bond donors (Lipinski definition) is 0. The maximum absolute atomic E-state index is 15.1. The first-order valence-corrected chi connectivity index (χ1v) is 19.7. The predicted molar refractivity (Wildman–Crippen MR) is 207 cm³/mol. The maximum Gasteiger partial charge on any atom is 0.329 e. The van der Waals surface area contributed by atoms with E-state index in [0.717, 1.165) is 61.6 Å². The Morgan fingerprint density at radius 2 is 1.51 bits per heavy atom. The van der Waals surface area contributed by atoms with Gasteiger partial charge in [-0.15, -0.1) is 0 Å². The fourth-order valence-electron chi connectivity index (χ4n) is 8.28. The Balaban J connectivity index is 1.37. The van der Waals surface area contributed by atoms with E-state index in [0.29, 0.717) is 66.7 Å². The van der Waals surface area contributed by atoms with Crippen LogP contribution < -0.4 is 28.4 Å². The Bertz CT molecular complexity index is 1790. The molecule has 55 heavy (non-hydrogen) atoms. The van der Waals surface area contributed by atoms with Crippen molar-refractivity contribution in [2.75, 3.05) is 48.2 Å². The fraction of sp³-hybridized carbons (Fsp3) is 0.523. The van der Waals surface area contributed by atoms with Crippen molar-refractivity contribution in [3.05, 3.63) is 71.3 Å². The summed E-state index contributed by atoms with van der Waals surface area (Å²) in [4.78, 5) is 44.3. The van der Waals surface area contributed by atoms with Crippen molar-refractivity contribution in [2.45, 2.75) is 95.1 Å². The smallest absolute Gasteiger partial charge is 0.329 e. The number of piperidine rings is 1. The minimum Gasteiger partial charge on any atom is -0.493 e. The molecule has 0 N–H and O–H groups in total. The second kappa shape index (κ2) is 19.1. The summed E-state index contributed by atoms with van der Waals surface area (Å²) in [6.07, 6.45) is 8.23. The van der Waals surface area contributed by atoms with E-state index in [2.05, 4.69) is 0 Å². The van der Waals surface area contributed by atoms with Gasteiger partial charge in [-0.1, -0.05) is 37.5 Å². The lowest BCUT2D eigenvalue weighted by molar-refractivity contribution is -0.163. The molecule has 1 aliphatic carbocycles. The van der Waals surface area contributed by atoms with Gasteiger partial charge in [0.15, 0.2) is 28.8 Å². The summed E-state index contributed by atoms with van der Waals surface area (Å²) < 4.78 is 41.2. The number of esters is 1. The lowest BCUT2D eigenvalue weighted by Crippen LogP contribution is -2.51. The van der Waals surface area contributed by atoms with E-state index in [1.54, 1.807) is 39.4 Å². The summed E-state index contributed by atoms with van der Waals surface area (Å²) >= 11 is 0. The summed E-state index contributed by atoms with van der Waals surface area (Å²) in [6, 6.07) is 16.1. The van der Waals surface area contributed by atoms with Gasteiger partial charge < -0.3 is 38.1 Å². The van der Waals surface area contributed by atoms with Gasteiger partial charge in [-0.2, -0.15) is 0 Å². The number of amides is 1. The van der Waals surface area contributed by atoms with E-state index in [4.69, 9.17) is 33.2 Å². The van der Waals surface area contributed by atoms with Crippen LogP contribution in [0.25, 0.3) is 0 Å².